The second-order valence-corrected chi connectivity index (χ2v) is 6.30. The van der Waals surface area contributed by atoms with Gasteiger partial charge in [-0.15, -0.1) is 0 Å². The van der Waals surface area contributed by atoms with Crippen molar-refractivity contribution in [2.45, 2.75) is 46.3 Å². The topological polar surface area (TPSA) is 52.5 Å². The fourth-order valence-corrected chi connectivity index (χ4v) is 2.24. The Labute approximate surface area is 123 Å². The highest BCUT2D eigenvalue weighted by Crippen LogP contribution is 2.16. The van der Waals surface area contributed by atoms with E-state index in [4.69, 9.17) is 0 Å². The van der Waals surface area contributed by atoms with Crippen molar-refractivity contribution in [3.63, 3.8) is 0 Å². The smallest absolute Gasteiger partial charge is 0.0914 e. The van der Waals surface area contributed by atoms with Crippen LogP contribution in [0.4, 0.5) is 0 Å². The van der Waals surface area contributed by atoms with Crippen molar-refractivity contribution in [3.05, 3.63) is 35.4 Å². The predicted octanol–water partition coefficient (Wildman–Crippen LogP) is 2.53. The van der Waals surface area contributed by atoms with Crippen LogP contribution in [0.3, 0.4) is 0 Å². The van der Waals surface area contributed by atoms with Gasteiger partial charge >= 0.3 is 0 Å². The SMILES string of the molecule is CC(C)Cc1ccc(C(O)CNC(CO)C(C)C)cc1. The van der Waals surface area contributed by atoms with Crippen LogP contribution < -0.4 is 5.32 Å². The summed E-state index contributed by atoms with van der Waals surface area (Å²) in [7, 11) is 0. The average molecular weight is 279 g/mol. The third-order valence-corrected chi connectivity index (χ3v) is 3.58. The summed E-state index contributed by atoms with van der Waals surface area (Å²) in [6.07, 6.45) is 0.532. The van der Waals surface area contributed by atoms with Crippen molar-refractivity contribution in [2.75, 3.05) is 13.2 Å². The van der Waals surface area contributed by atoms with E-state index in [1.807, 2.05) is 12.1 Å². The van der Waals surface area contributed by atoms with Crippen molar-refractivity contribution in [2.24, 2.45) is 11.8 Å². The Morgan fingerprint density at radius 3 is 2.10 bits per heavy atom. The fraction of sp³-hybridized carbons (Fsp3) is 0.647. The number of hydrogen-bond donors (Lipinski definition) is 3. The Bertz CT molecular complexity index is 373. The van der Waals surface area contributed by atoms with E-state index in [2.05, 4.69) is 45.1 Å². The molecule has 0 heterocycles. The quantitative estimate of drug-likeness (QED) is 0.685. The van der Waals surface area contributed by atoms with Gasteiger partial charge in [-0.3, -0.25) is 0 Å². The maximum Gasteiger partial charge on any atom is 0.0914 e. The van der Waals surface area contributed by atoms with Crippen molar-refractivity contribution < 1.29 is 10.2 Å². The zero-order chi connectivity index (χ0) is 15.1. The summed E-state index contributed by atoms with van der Waals surface area (Å²) in [6, 6.07) is 8.19. The summed E-state index contributed by atoms with van der Waals surface area (Å²) in [6.45, 7) is 9.08. The fourth-order valence-electron chi connectivity index (χ4n) is 2.24. The van der Waals surface area contributed by atoms with Crippen LogP contribution in [0.15, 0.2) is 24.3 Å². The van der Waals surface area contributed by atoms with E-state index in [0.29, 0.717) is 18.4 Å². The molecule has 1 aromatic rings. The lowest BCUT2D eigenvalue weighted by Crippen LogP contribution is -2.39. The van der Waals surface area contributed by atoms with Crippen LogP contribution >= 0.6 is 0 Å². The molecule has 2 unspecified atom stereocenters. The molecule has 0 spiro atoms. The molecule has 0 bridgehead atoms. The van der Waals surface area contributed by atoms with Gasteiger partial charge in [0, 0.05) is 12.6 Å². The molecule has 0 aliphatic carbocycles. The van der Waals surface area contributed by atoms with Crippen LogP contribution in [0.5, 0.6) is 0 Å². The zero-order valence-electron chi connectivity index (χ0n) is 13.1. The van der Waals surface area contributed by atoms with Gasteiger partial charge in [0.05, 0.1) is 12.7 Å². The minimum atomic E-state index is -0.532. The first kappa shape index (κ1) is 17.2. The molecule has 114 valence electrons. The van der Waals surface area contributed by atoms with Crippen LogP contribution in [0, 0.1) is 11.8 Å². The highest BCUT2D eigenvalue weighted by atomic mass is 16.3. The maximum absolute atomic E-state index is 10.2. The molecule has 0 aromatic heterocycles. The zero-order valence-corrected chi connectivity index (χ0v) is 13.1. The van der Waals surface area contributed by atoms with Crippen molar-refractivity contribution in [1.29, 1.82) is 0 Å². The number of rotatable bonds is 8. The minimum absolute atomic E-state index is 0.0323. The molecule has 1 rings (SSSR count). The number of aliphatic hydroxyl groups is 2. The molecule has 3 N–H and O–H groups in total. The van der Waals surface area contributed by atoms with Gasteiger partial charge in [-0.2, -0.15) is 0 Å². The molecule has 3 nitrogen and oxygen atoms in total. The molecule has 2 atom stereocenters. The van der Waals surface area contributed by atoms with Crippen LogP contribution in [-0.4, -0.2) is 29.4 Å². The standard InChI is InChI=1S/C17H29NO2/c1-12(2)9-14-5-7-15(8-6-14)17(20)10-18-16(11-19)13(3)4/h5-8,12-13,16-20H,9-11H2,1-4H3. The monoisotopic (exact) mass is 279 g/mol. The Morgan fingerprint density at radius 1 is 1.05 bits per heavy atom. The molecule has 3 heteroatoms. The van der Waals surface area contributed by atoms with E-state index < -0.39 is 6.10 Å². The summed E-state index contributed by atoms with van der Waals surface area (Å²) >= 11 is 0. The Kier molecular flexibility index (Phi) is 7.20. The predicted molar refractivity (Wildman–Crippen MR) is 83.7 cm³/mol. The van der Waals surface area contributed by atoms with Crippen molar-refractivity contribution >= 4 is 0 Å². The number of nitrogens with one attached hydrogen (secondary N) is 1. The summed E-state index contributed by atoms with van der Waals surface area (Å²) in [4.78, 5) is 0. The summed E-state index contributed by atoms with van der Waals surface area (Å²) in [5, 5.41) is 22.6. The Balaban J connectivity index is 2.52. The maximum atomic E-state index is 10.2. The summed E-state index contributed by atoms with van der Waals surface area (Å²) < 4.78 is 0. The third-order valence-electron chi connectivity index (χ3n) is 3.58. The number of hydrogen-bond acceptors (Lipinski definition) is 3. The number of aliphatic hydroxyl groups excluding tert-OH is 2. The van der Waals surface area contributed by atoms with Gasteiger partial charge < -0.3 is 15.5 Å². The largest absolute Gasteiger partial charge is 0.395 e. The lowest BCUT2D eigenvalue weighted by Gasteiger charge is -2.22. The average Bonchev–Trinajstić information content (AvgIpc) is 2.39. The molecule has 0 aliphatic heterocycles. The molecule has 1 aromatic carbocycles. The first-order valence-corrected chi connectivity index (χ1v) is 7.55. The summed E-state index contributed by atoms with van der Waals surface area (Å²) in [5.41, 5.74) is 2.23. The molecule has 0 radical (unpaired) electrons. The molecule has 0 amide bonds. The van der Waals surface area contributed by atoms with Gasteiger partial charge in [-0.05, 0) is 29.4 Å². The van der Waals surface area contributed by atoms with Crippen LogP contribution in [-0.2, 0) is 6.42 Å². The molecule has 0 fully saturated rings. The van der Waals surface area contributed by atoms with E-state index in [1.165, 1.54) is 5.56 Å². The van der Waals surface area contributed by atoms with Crippen LogP contribution in [0.2, 0.25) is 0 Å². The molecule has 20 heavy (non-hydrogen) atoms. The van der Waals surface area contributed by atoms with Crippen LogP contribution in [0.1, 0.15) is 44.9 Å². The van der Waals surface area contributed by atoms with E-state index in [-0.39, 0.29) is 12.6 Å². The molecule has 0 aliphatic rings. The Morgan fingerprint density at radius 2 is 1.65 bits per heavy atom. The first-order valence-electron chi connectivity index (χ1n) is 7.55. The normalized spacial score (nSPS) is 14.8. The second-order valence-electron chi connectivity index (χ2n) is 6.30. The Hall–Kier alpha value is -0.900. The molecular formula is C17H29NO2. The highest BCUT2D eigenvalue weighted by Gasteiger charge is 2.14. The lowest BCUT2D eigenvalue weighted by atomic mass is 10.00. The van der Waals surface area contributed by atoms with E-state index >= 15 is 0 Å². The lowest BCUT2D eigenvalue weighted by molar-refractivity contribution is 0.148. The van der Waals surface area contributed by atoms with E-state index in [9.17, 15) is 10.2 Å². The van der Waals surface area contributed by atoms with Gasteiger partial charge in [0.25, 0.3) is 0 Å². The molecule has 0 saturated carbocycles. The van der Waals surface area contributed by atoms with Gasteiger partial charge in [0.15, 0.2) is 0 Å². The highest BCUT2D eigenvalue weighted by molar-refractivity contribution is 5.24. The van der Waals surface area contributed by atoms with Crippen molar-refractivity contribution in [3.8, 4) is 0 Å². The third kappa shape index (κ3) is 5.61. The van der Waals surface area contributed by atoms with Gasteiger partial charge in [0.1, 0.15) is 0 Å². The van der Waals surface area contributed by atoms with Gasteiger partial charge in [-0.1, -0.05) is 52.0 Å². The van der Waals surface area contributed by atoms with Crippen LogP contribution in [0.25, 0.3) is 0 Å². The first-order chi connectivity index (χ1) is 9.43. The molecule has 0 saturated heterocycles. The number of benzene rings is 1. The second kappa shape index (κ2) is 8.40. The van der Waals surface area contributed by atoms with Gasteiger partial charge in [0.2, 0.25) is 0 Å². The molecular weight excluding hydrogens is 250 g/mol. The van der Waals surface area contributed by atoms with E-state index in [1.54, 1.807) is 0 Å². The van der Waals surface area contributed by atoms with E-state index in [0.717, 1.165) is 12.0 Å². The van der Waals surface area contributed by atoms with Crippen molar-refractivity contribution in [1.82, 2.24) is 5.32 Å². The minimum Gasteiger partial charge on any atom is -0.395 e. The van der Waals surface area contributed by atoms with Gasteiger partial charge in [-0.25, -0.2) is 0 Å². The summed E-state index contributed by atoms with van der Waals surface area (Å²) in [5.74, 6) is 0.990.